The average molecular weight is 387 g/mol. The maximum Gasteiger partial charge on any atom is 0.154 e. The summed E-state index contributed by atoms with van der Waals surface area (Å²) in [5, 5.41) is 2.40. The first-order chi connectivity index (χ1) is 14.8. The Morgan fingerprint density at radius 2 is 1.37 bits per heavy atom. The molecule has 0 aliphatic rings. The van der Waals surface area contributed by atoms with E-state index in [0.29, 0.717) is 12.4 Å². The minimum atomic E-state index is 0.582. The highest BCUT2D eigenvalue weighted by molar-refractivity contribution is 6.12. The molecule has 4 aromatic carbocycles. The first-order valence-electron chi connectivity index (χ1n) is 9.99. The number of hydrogen-bond donors (Lipinski definition) is 0. The standard InChI is InChI=1S/C27H21N3/c1-28-27(29-19-20-10-4-2-5-11-20)21-16-17-26-24(18-21)23-14-8-9-15-25(23)30(26)22-12-6-3-7-13-22/h2-18H,1,19H2. The molecule has 0 aliphatic carbocycles. The molecule has 0 saturated carbocycles. The average Bonchev–Trinajstić information content (AvgIpc) is 3.15. The van der Waals surface area contributed by atoms with Crippen molar-refractivity contribution in [3.8, 4) is 5.69 Å². The normalized spacial score (nSPS) is 11.8. The lowest BCUT2D eigenvalue weighted by Gasteiger charge is -2.08. The lowest BCUT2D eigenvalue weighted by atomic mass is 10.1. The molecule has 5 aromatic rings. The maximum atomic E-state index is 4.72. The number of benzene rings is 4. The molecule has 0 bridgehead atoms. The van der Waals surface area contributed by atoms with Crippen molar-refractivity contribution < 1.29 is 0 Å². The summed E-state index contributed by atoms with van der Waals surface area (Å²) < 4.78 is 2.30. The minimum Gasteiger partial charge on any atom is -0.309 e. The van der Waals surface area contributed by atoms with Gasteiger partial charge in [-0.15, -0.1) is 0 Å². The number of rotatable bonds is 4. The molecule has 3 heteroatoms. The Morgan fingerprint density at radius 3 is 2.13 bits per heavy atom. The molecule has 0 aliphatic heterocycles. The highest BCUT2D eigenvalue weighted by Crippen LogP contribution is 2.32. The highest BCUT2D eigenvalue weighted by Gasteiger charge is 2.13. The third kappa shape index (κ3) is 3.20. The fourth-order valence-corrected chi connectivity index (χ4v) is 3.95. The van der Waals surface area contributed by atoms with Crippen LogP contribution < -0.4 is 0 Å². The Balaban J connectivity index is 1.66. The first-order valence-corrected chi connectivity index (χ1v) is 9.99. The van der Waals surface area contributed by atoms with Crippen molar-refractivity contribution in [3.63, 3.8) is 0 Å². The quantitative estimate of drug-likeness (QED) is 0.251. The van der Waals surface area contributed by atoms with Gasteiger partial charge in [-0.05, 0) is 48.7 Å². The first kappa shape index (κ1) is 18.1. The molecule has 30 heavy (non-hydrogen) atoms. The van der Waals surface area contributed by atoms with Crippen LogP contribution in [0.2, 0.25) is 0 Å². The van der Waals surface area contributed by atoms with Gasteiger partial charge in [-0.2, -0.15) is 0 Å². The zero-order valence-corrected chi connectivity index (χ0v) is 16.6. The highest BCUT2D eigenvalue weighted by atomic mass is 15.0. The summed E-state index contributed by atoms with van der Waals surface area (Å²) >= 11 is 0. The number of fused-ring (bicyclic) bond motifs is 3. The Kier molecular flexibility index (Phi) is 4.70. The largest absolute Gasteiger partial charge is 0.309 e. The van der Waals surface area contributed by atoms with Crippen molar-refractivity contribution in [3.05, 3.63) is 114 Å². The molecule has 0 unspecified atom stereocenters. The van der Waals surface area contributed by atoms with Gasteiger partial charge in [0.1, 0.15) is 0 Å². The predicted molar refractivity (Wildman–Crippen MR) is 127 cm³/mol. The van der Waals surface area contributed by atoms with E-state index in [9.17, 15) is 0 Å². The second-order valence-corrected chi connectivity index (χ2v) is 7.20. The van der Waals surface area contributed by atoms with Gasteiger partial charge in [0.15, 0.2) is 5.84 Å². The number of aromatic nitrogens is 1. The topological polar surface area (TPSA) is 29.6 Å². The van der Waals surface area contributed by atoms with Crippen LogP contribution in [0.5, 0.6) is 0 Å². The van der Waals surface area contributed by atoms with Crippen LogP contribution in [0.4, 0.5) is 0 Å². The third-order valence-electron chi connectivity index (χ3n) is 5.35. The van der Waals surface area contributed by atoms with Gasteiger partial charge in [0.25, 0.3) is 0 Å². The van der Waals surface area contributed by atoms with E-state index < -0.39 is 0 Å². The van der Waals surface area contributed by atoms with Crippen molar-refractivity contribution in [2.24, 2.45) is 9.98 Å². The van der Waals surface area contributed by atoms with Gasteiger partial charge in [-0.25, -0.2) is 4.99 Å². The molecule has 5 rings (SSSR count). The van der Waals surface area contributed by atoms with E-state index in [1.54, 1.807) is 0 Å². The van der Waals surface area contributed by atoms with E-state index in [0.717, 1.165) is 22.3 Å². The molecular weight excluding hydrogens is 366 g/mol. The maximum absolute atomic E-state index is 4.72. The van der Waals surface area contributed by atoms with E-state index in [4.69, 9.17) is 4.99 Å². The predicted octanol–water partition coefficient (Wildman–Crippen LogP) is 6.43. The molecule has 0 saturated heterocycles. The molecule has 0 N–H and O–H groups in total. The summed E-state index contributed by atoms with van der Waals surface area (Å²) in [7, 11) is 0. The molecule has 0 fully saturated rings. The lowest BCUT2D eigenvalue weighted by Crippen LogP contribution is -1.98. The van der Waals surface area contributed by atoms with Crippen molar-refractivity contribution in [1.82, 2.24) is 4.57 Å². The molecule has 0 atom stereocenters. The second-order valence-electron chi connectivity index (χ2n) is 7.20. The molecule has 144 valence electrons. The smallest absolute Gasteiger partial charge is 0.154 e. The van der Waals surface area contributed by atoms with Gasteiger partial charge in [0, 0.05) is 22.0 Å². The van der Waals surface area contributed by atoms with E-state index >= 15 is 0 Å². The zero-order chi connectivity index (χ0) is 20.3. The molecule has 0 amide bonds. The van der Waals surface area contributed by atoms with E-state index in [-0.39, 0.29) is 0 Å². The summed E-state index contributed by atoms with van der Waals surface area (Å²) in [6.07, 6.45) is 0. The van der Waals surface area contributed by atoms with Crippen molar-refractivity contribution in [1.29, 1.82) is 0 Å². The third-order valence-corrected chi connectivity index (χ3v) is 5.35. The van der Waals surface area contributed by atoms with Crippen LogP contribution in [-0.4, -0.2) is 17.1 Å². The van der Waals surface area contributed by atoms with Gasteiger partial charge in [-0.3, -0.25) is 4.99 Å². The summed E-state index contributed by atoms with van der Waals surface area (Å²) in [5.74, 6) is 0.664. The summed E-state index contributed by atoms with van der Waals surface area (Å²) in [4.78, 5) is 8.93. The van der Waals surface area contributed by atoms with Gasteiger partial charge in [0.2, 0.25) is 0 Å². The zero-order valence-electron chi connectivity index (χ0n) is 16.6. The SMILES string of the molecule is C=NC(=NCc1ccccc1)c1ccc2c(c1)c1ccccc1n2-c1ccccc1. The number of hydrogen-bond acceptors (Lipinski definition) is 1. The van der Waals surface area contributed by atoms with Crippen LogP contribution in [0, 0.1) is 0 Å². The fourth-order valence-electron chi connectivity index (χ4n) is 3.95. The van der Waals surface area contributed by atoms with Crippen LogP contribution in [0.15, 0.2) is 113 Å². The van der Waals surface area contributed by atoms with Crippen LogP contribution in [0.1, 0.15) is 11.1 Å². The molecule has 0 radical (unpaired) electrons. The molecule has 3 nitrogen and oxygen atoms in total. The lowest BCUT2D eigenvalue weighted by molar-refractivity contribution is 1.06. The number of amidine groups is 1. The van der Waals surface area contributed by atoms with Gasteiger partial charge in [0.05, 0.1) is 17.6 Å². The Bertz CT molecular complexity index is 1360. The Labute approximate surface area is 175 Å². The van der Waals surface area contributed by atoms with Crippen LogP contribution >= 0.6 is 0 Å². The molecule has 0 spiro atoms. The molecular formula is C27H21N3. The molecule has 1 aromatic heterocycles. The molecule has 1 heterocycles. The van der Waals surface area contributed by atoms with Crippen LogP contribution in [-0.2, 0) is 6.54 Å². The van der Waals surface area contributed by atoms with Gasteiger partial charge < -0.3 is 4.57 Å². The fraction of sp³-hybridized carbons (Fsp3) is 0.0370. The number of aliphatic imine (C=N–C) groups is 2. The van der Waals surface area contributed by atoms with Crippen molar-refractivity contribution in [2.45, 2.75) is 6.54 Å². The van der Waals surface area contributed by atoms with Crippen LogP contribution in [0.3, 0.4) is 0 Å². The number of nitrogens with zero attached hydrogens (tertiary/aromatic N) is 3. The summed E-state index contributed by atoms with van der Waals surface area (Å²) in [6.45, 7) is 4.34. The van der Waals surface area contributed by atoms with Gasteiger partial charge >= 0.3 is 0 Å². The van der Waals surface area contributed by atoms with Crippen molar-refractivity contribution >= 4 is 34.4 Å². The van der Waals surface area contributed by atoms with E-state index in [1.807, 2.05) is 24.3 Å². The van der Waals surface area contributed by atoms with E-state index in [1.165, 1.54) is 16.3 Å². The summed E-state index contributed by atoms with van der Waals surface area (Å²) in [6, 6.07) is 35.6. The second kappa shape index (κ2) is 7.80. The Hall–Kier alpha value is -3.98. The summed E-state index contributed by atoms with van der Waals surface area (Å²) in [5.41, 5.74) is 5.63. The minimum absolute atomic E-state index is 0.582. The van der Waals surface area contributed by atoms with E-state index in [2.05, 4.69) is 95.1 Å². The Morgan fingerprint density at radius 1 is 0.700 bits per heavy atom. The van der Waals surface area contributed by atoms with Crippen molar-refractivity contribution in [2.75, 3.05) is 0 Å². The van der Waals surface area contributed by atoms with Gasteiger partial charge in [-0.1, -0.05) is 66.7 Å². The monoisotopic (exact) mass is 387 g/mol. The number of para-hydroxylation sites is 2. The van der Waals surface area contributed by atoms with Crippen LogP contribution in [0.25, 0.3) is 27.5 Å².